The van der Waals surface area contributed by atoms with Gasteiger partial charge in [-0.25, -0.2) is 0 Å². The predicted octanol–water partition coefficient (Wildman–Crippen LogP) is 4.33. The zero-order valence-electron chi connectivity index (χ0n) is 14.0. The second-order valence-electron chi connectivity index (χ2n) is 5.17. The molecule has 0 saturated carbocycles. The molecule has 124 valence electrons. The van der Waals surface area contributed by atoms with Crippen molar-refractivity contribution in [3.63, 3.8) is 0 Å². The van der Waals surface area contributed by atoms with Crippen LogP contribution in [-0.4, -0.2) is 25.3 Å². The molecular formula is C18H28O4. The molecule has 1 N–H and O–H groups in total. The van der Waals surface area contributed by atoms with E-state index in [0.29, 0.717) is 18.1 Å². The van der Waals surface area contributed by atoms with Crippen molar-refractivity contribution in [2.24, 2.45) is 5.92 Å². The Labute approximate surface area is 133 Å². The van der Waals surface area contributed by atoms with E-state index in [2.05, 4.69) is 30.7 Å². The Balaban J connectivity index is 0.000000425. The van der Waals surface area contributed by atoms with Gasteiger partial charge in [0.2, 0.25) is 0 Å². The van der Waals surface area contributed by atoms with E-state index in [9.17, 15) is 4.79 Å². The number of rotatable bonds is 7. The molecule has 0 aliphatic heterocycles. The van der Waals surface area contributed by atoms with Crippen LogP contribution in [0.1, 0.15) is 39.5 Å². The van der Waals surface area contributed by atoms with Crippen LogP contribution in [0.5, 0.6) is 11.5 Å². The van der Waals surface area contributed by atoms with Gasteiger partial charge in [-0.05, 0) is 37.3 Å². The number of carbonyl (C=O) groups excluding carboxylic acids is 1. The number of para-hydroxylation sites is 2. The highest BCUT2D eigenvalue weighted by molar-refractivity contribution is 5.68. The fraction of sp³-hybridized carbons (Fsp3) is 0.500. The number of aromatic hydroxyl groups is 1. The molecule has 0 fully saturated rings. The van der Waals surface area contributed by atoms with Crippen LogP contribution in [0.25, 0.3) is 0 Å². The molecule has 0 amide bonds. The van der Waals surface area contributed by atoms with Gasteiger partial charge >= 0.3 is 5.97 Å². The lowest BCUT2D eigenvalue weighted by molar-refractivity contribution is -0.140. The number of hydrogen-bond acceptors (Lipinski definition) is 4. The molecule has 0 aliphatic carbocycles. The third-order valence-corrected chi connectivity index (χ3v) is 2.84. The quantitative estimate of drug-likeness (QED) is 0.462. The second kappa shape index (κ2) is 12.7. The largest absolute Gasteiger partial charge is 0.504 e. The summed E-state index contributed by atoms with van der Waals surface area (Å²) in [7, 11) is 2.95. The number of ether oxygens (including phenoxy) is 2. The summed E-state index contributed by atoms with van der Waals surface area (Å²) in [6.45, 7) is 4.32. The van der Waals surface area contributed by atoms with Crippen molar-refractivity contribution in [1.29, 1.82) is 0 Å². The molecule has 1 aromatic rings. The molecule has 1 rings (SSSR count). The highest BCUT2D eigenvalue weighted by Crippen LogP contribution is 2.23. The molecule has 0 spiro atoms. The van der Waals surface area contributed by atoms with Gasteiger partial charge in [0.25, 0.3) is 0 Å². The summed E-state index contributed by atoms with van der Waals surface area (Å²) < 4.78 is 9.33. The fourth-order valence-corrected chi connectivity index (χ4v) is 1.63. The minimum atomic E-state index is -0.104. The van der Waals surface area contributed by atoms with Crippen molar-refractivity contribution in [2.75, 3.05) is 14.2 Å². The first-order chi connectivity index (χ1) is 10.5. The number of unbranched alkanes of at least 4 members (excludes halogenated alkanes) is 2. The minimum absolute atomic E-state index is 0.104. The summed E-state index contributed by atoms with van der Waals surface area (Å²) in [6, 6.07) is 6.84. The predicted molar refractivity (Wildman–Crippen MR) is 89.1 cm³/mol. The maximum absolute atomic E-state index is 10.7. The van der Waals surface area contributed by atoms with Gasteiger partial charge in [0.1, 0.15) is 0 Å². The summed E-state index contributed by atoms with van der Waals surface area (Å²) in [4.78, 5) is 10.7. The van der Waals surface area contributed by atoms with Gasteiger partial charge in [-0.15, -0.1) is 0 Å². The lowest BCUT2D eigenvalue weighted by Gasteiger charge is -1.99. The van der Waals surface area contributed by atoms with Crippen LogP contribution in [0.4, 0.5) is 0 Å². The number of methoxy groups -OCH3 is 2. The Morgan fingerprint density at radius 2 is 1.91 bits per heavy atom. The van der Waals surface area contributed by atoms with Crippen LogP contribution in [-0.2, 0) is 9.53 Å². The first kappa shape index (κ1) is 20.0. The van der Waals surface area contributed by atoms with E-state index >= 15 is 0 Å². The van der Waals surface area contributed by atoms with Crippen LogP contribution in [0.3, 0.4) is 0 Å². The van der Waals surface area contributed by atoms with Gasteiger partial charge in [-0.1, -0.05) is 38.1 Å². The zero-order chi connectivity index (χ0) is 16.8. The second-order valence-corrected chi connectivity index (χ2v) is 5.17. The molecule has 0 heterocycles. The van der Waals surface area contributed by atoms with Crippen LogP contribution < -0.4 is 4.74 Å². The number of hydrogen-bond donors (Lipinski definition) is 1. The van der Waals surface area contributed by atoms with Crippen LogP contribution >= 0.6 is 0 Å². The number of allylic oxidation sites excluding steroid dienone is 2. The van der Waals surface area contributed by atoms with Crippen LogP contribution in [0, 0.1) is 5.92 Å². The summed E-state index contributed by atoms with van der Waals surface area (Å²) in [5.41, 5.74) is 0. The van der Waals surface area contributed by atoms with Gasteiger partial charge < -0.3 is 14.6 Å². The normalized spacial score (nSPS) is 10.2. The van der Waals surface area contributed by atoms with E-state index in [4.69, 9.17) is 9.84 Å². The standard InChI is InChI=1S/C11H20O2.C7H8O2/c1-10(2)8-6-4-5-7-9-11(12)13-3;1-9-7-5-3-2-4-6(7)8/h6,8,10H,4-5,7,9H2,1-3H3;2-5,8H,1H3/b8-6+;. The lowest BCUT2D eigenvalue weighted by Crippen LogP contribution is -1.98. The third kappa shape index (κ3) is 10.8. The Morgan fingerprint density at radius 3 is 2.41 bits per heavy atom. The van der Waals surface area contributed by atoms with E-state index in [1.807, 2.05) is 0 Å². The number of phenolic OH excluding ortho intramolecular Hbond substituents is 1. The average Bonchev–Trinajstić information content (AvgIpc) is 2.51. The topological polar surface area (TPSA) is 55.8 Å². The molecule has 0 atom stereocenters. The molecule has 22 heavy (non-hydrogen) atoms. The van der Waals surface area contributed by atoms with Gasteiger partial charge in [0.15, 0.2) is 11.5 Å². The molecule has 4 heteroatoms. The SMILES string of the molecule is COC(=O)CCCC/C=C/C(C)C.COc1ccccc1O. The van der Waals surface area contributed by atoms with Crippen molar-refractivity contribution in [3.8, 4) is 11.5 Å². The first-order valence-electron chi connectivity index (χ1n) is 7.56. The van der Waals surface area contributed by atoms with Gasteiger partial charge in [-0.3, -0.25) is 4.79 Å². The minimum Gasteiger partial charge on any atom is -0.504 e. The summed E-state index contributed by atoms with van der Waals surface area (Å²) in [5, 5.41) is 8.99. The number of benzene rings is 1. The highest BCUT2D eigenvalue weighted by atomic mass is 16.5. The number of esters is 1. The average molecular weight is 308 g/mol. The van der Waals surface area contributed by atoms with E-state index in [0.717, 1.165) is 19.3 Å². The monoisotopic (exact) mass is 308 g/mol. The Morgan fingerprint density at radius 1 is 1.23 bits per heavy atom. The maximum atomic E-state index is 10.7. The van der Waals surface area contributed by atoms with E-state index < -0.39 is 0 Å². The molecule has 1 aromatic carbocycles. The smallest absolute Gasteiger partial charge is 0.305 e. The van der Waals surface area contributed by atoms with Crippen molar-refractivity contribution in [1.82, 2.24) is 0 Å². The van der Waals surface area contributed by atoms with Gasteiger partial charge in [-0.2, -0.15) is 0 Å². The van der Waals surface area contributed by atoms with Crippen LogP contribution in [0.2, 0.25) is 0 Å². The summed E-state index contributed by atoms with van der Waals surface area (Å²) in [6.07, 6.45) is 7.98. The van der Waals surface area contributed by atoms with E-state index in [1.165, 1.54) is 14.2 Å². The maximum Gasteiger partial charge on any atom is 0.305 e. The Kier molecular flexibility index (Phi) is 11.6. The van der Waals surface area contributed by atoms with E-state index in [-0.39, 0.29) is 11.7 Å². The van der Waals surface area contributed by atoms with Crippen molar-refractivity contribution < 1.29 is 19.4 Å². The molecule has 0 unspecified atom stereocenters. The molecule has 0 aliphatic rings. The van der Waals surface area contributed by atoms with Crippen molar-refractivity contribution >= 4 is 5.97 Å². The number of phenols is 1. The molecule has 0 saturated heterocycles. The molecule has 0 bridgehead atoms. The molecule has 4 nitrogen and oxygen atoms in total. The zero-order valence-corrected chi connectivity index (χ0v) is 14.0. The molecule has 0 radical (unpaired) electrons. The number of carbonyl (C=O) groups is 1. The van der Waals surface area contributed by atoms with Crippen LogP contribution in [0.15, 0.2) is 36.4 Å². The third-order valence-electron chi connectivity index (χ3n) is 2.84. The van der Waals surface area contributed by atoms with Crippen molar-refractivity contribution in [3.05, 3.63) is 36.4 Å². The Hall–Kier alpha value is -1.97. The molecular weight excluding hydrogens is 280 g/mol. The highest BCUT2D eigenvalue weighted by Gasteiger charge is 1.97. The lowest BCUT2D eigenvalue weighted by atomic mass is 10.1. The Bertz CT molecular complexity index is 438. The molecule has 0 aromatic heterocycles. The van der Waals surface area contributed by atoms with Gasteiger partial charge in [0.05, 0.1) is 14.2 Å². The van der Waals surface area contributed by atoms with Gasteiger partial charge in [0, 0.05) is 6.42 Å². The van der Waals surface area contributed by atoms with Crippen molar-refractivity contribution in [2.45, 2.75) is 39.5 Å². The van der Waals surface area contributed by atoms with E-state index in [1.54, 1.807) is 24.3 Å². The first-order valence-corrected chi connectivity index (χ1v) is 7.56. The fourth-order valence-electron chi connectivity index (χ4n) is 1.63. The summed E-state index contributed by atoms with van der Waals surface area (Å²) in [5.74, 6) is 1.21. The summed E-state index contributed by atoms with van der Waals surface area (Å²) >= 11 is 0.